The molecule has 0 saturated heterocycles. The van der Waals surface area contributed by atoms with Crippen LogP contribution in [0.15, 0.2) is 0 Å². The molecule has 0 saturated carbocycles. The third-order valence-corrected chi connectivity index (χ3v) is 2.23. The zero-order chi connectivity index (χ0) is 14.1. The molecule has 0 rings (SSSR count). The second kappa shape index (κ2) is 8.43. The fraction of sp³-hybridized carbons (Fsp3) is 0.700. The van der Waals surface area contributed by atoms with Crippen LogP contribution in [-0.4, -0.2) is 67.2 Å². The van der Waals surface area contributed by atoms with Gasteiger partial charge in [0.1, 0.15) is 0 Å². The Morgan fingerprint density at radius 3 is 2.44 bits per heavy atom. The number of hydrogen-bond donors (Lipinski definition) is 3. The van der Waals surface area contributed by atoms with Crippen LogP contribution in [0.5, 0.6) is 0 Å². The van der Waals surface area contributed by atoms with E-state index in [4.69, 9.17) is 15.6 Å². The van der Waals surface area contributed by atoms with E-state index < -0.39 is 24.5 Å². The van der Waals surface area contributed by atoms with Crippen LogP contribution in [0.1, 0.15) is 6.92 Å². The molecule has 18 heavy (non-hydrogen) atoms. The molecule has 0 fully saturated rings. The molecule has 0 aromatic heterocycles. The number of hydrogen-bond acceptors (Lipinski definition) is 5. The quantitative estimate of drug-likeness (QED) is 0.413. The molecular weight excluding hydrogens is 242 g/mol. The third-order valence-electron chi connectivity index (χ3n) is 2.23. The summed E-state index contributed by atoms with van der Waals surface area (Å²) >= 11 is 0. The lowest BCUT2D eigenvalue weighted by Crippen LogP contribution is -2.50. The normalized spacial score (nSPS) is 12.2. The minimum Gasteiger partial charge on any atom is -0.480 e. The molecule has 0 radical (unpaired) electrons. The molecule has 0 aliphatic carbocycles. The standard InChI is InChI=1S/C10H19N3O5/c1-7(10(17)12-3-4-18-2)13(5-8(11)14)6-9(15)16/h7H,3-6H2,1-2H3,(H2,11,14)(H,12,17)(H,15,16). The molecule has 0 bridgehead atoms. The molecular formula is C10H19N3O5. The van der Waals surface area contributed by atoms with E-state index in [2.05, 4.69) is 5.32 Å². The number of primary amides is 1. The molecule has 1 atom stereocenters. The van der Waals surface area contributed by atoms with Crippen molar-refractivity contribution in [2.45, 2.75) is 13.0 Å². The number of carbonyl (C=O) groups is 3. The van der Waals surface area contributed by atoms with Crippen LogP contribution in [0.25, 0.3) is 0 Å². The van der Waals surface area contributed by atoms with Crippen molar-refractivity contribution in [1.82, 2.24) is 10.2 Å². The summed E-state index contributed by atoms with van der Waals surface area (Å²) in [6.07, 6.45) is 0. The third kappa shape index (κ3) is 6.81. The van der Waals surface area contributed by atoms with Gasteiger partial charge in [0.2, 0.25) is 11.8 Å². The summed E-state index contributed by atoms with van der Waals surface area (Å²) in [5.41, 5.74) is 5.00. The van der Waals surface area contributed by atoms with E-state index in [-0.39, 0.29) is 12.5 Å². The first-order valence-corrected chi connectivity index (χ1v) is 5.39. The first-order valence-electron chi connectivity index (χ1n) is 5.39. The molecule has 0 spiro atoms. The van der Waals surface area contributed by atoms with Crippen LogP contribution in [0.3, 0.4) is 0 Å². The Bertz CT molecular complexity index is 292. The topological polar surface area (TPSA) is 122 Å². The van der Waals surface area contributed by atoms with Crippen LogP contribution in [0, 0.1) is 0 Å². The van der Waals surface area contributed by atoms with Gasteiger partial charge in [-0.1, -0.05) is 0 Å². The minimum atomic E-state index is -1.13. The number of nitrogens with zero attached hydrogens (tertiary/aromatic N) is 1. The number of rotatable bonds is 9. The van der Waals surface area contributed by atoms with Crippen molar-refractivity contribution in [2.75, 3.05) is 33.4 Å². The van der Waals surface area contributed by atoms with E-state index in [9.17, 15) is 14.4 Å². The summed E-state index contributed by atoms with van der Waals surface area (Å²) in [5.74, 6) is -2.20. The van der Waals surface area contributed by atoms with E-state index in [1.54, 1.807) is 0 Å². The Morgan fingerprint density at radius 1 is 1.39 bits per heavy atom. The largest absolute Gasteiger partial charge is 0.480 e. The number of carbonyl (C=O) groups excluding carboxylic acids is 2. The number of ether oxygens (including phenoxy) is 1. The number of nitrogens with one attached hydrogen (secondary N) is 1. The Kier molecular flexibility index (Phi) is 7.64. The van der Waals surface area contributed by atoms with Gasteiger partial charge in [-0.25, -0.2) is 0 Å². The van der Waals surface area contributed by atoms with Gasteiger partial charge in [-0.2, -0.15) is 0 Å². The SMILES string of the molecule is COCCNC(=O)C(C)N(CC(N)=O)CC(=O)O. The van der Waals surface area contributed by atoms with Crippen LogP contribution in [0.2, 0.25) is 0 Å². The number of methoxy groups -OCH3 is 1. The van der Waals surface area contributed by atoms with E-state index in [0.29, 0.717) is 13.2 Å². The van der Waals surface area contributed by atoms with Gasteiger partial charge < -0.3 is 20.9 Å². The van der Waals surface area contributed by atoms with Gasteiger partial charge in [-0.15, -0.1) is 0 Å². The lowest BCUT2D eigenvalue weighted by molar-refractivity contribution is -0.140. The Hall–Kier alpha value is -1.67. The molecule has 104 valence electrons. The molecule has 8 heteroatoms. The molecule has 0 aliphatic heterocycles. The highest BCUT2D eigenvalue weighted by atomic mass is 16.5. The molecule has 4 N–H and O–H groups in total. The lowest BCUT2D eigenvalue weighted by Gasteiger charge is -2.25. The maximum atomic E-state index is 11.7. The van der Waals surface area contributed by atoms with E-state index in [1.165, 1.54) is 18.9 Å². The number of aliphatic carboxylic acids is 1. The van der Waals surface area contributed by atoms with Crippen LogP contribution >= 0.6 is 0 Å². The fourth-order valence-corrected chi connectivity index (χ4v) is 1.29. The molecule has 8 nitrogen and oxygen atoms in total. The van der Waals surface area contributed by atoms with Gasteiger partial charge in [-0.05, 0) is 6.92 Å². The van der Waals surface area contributed by atoms with E-state index >= 15 is 0 Å². The summed E-state index contributed by atoms with van der Waals surface area (Å²) in [4.78, 5) is 34.3. The average molecular weight is 261 g/mol. The highest BCUT2D eigenvalue weighted by Gasteiger charge is 2.24. The zero-order valence-electron chi connectivity index (χ0n) is 10.5. The van der Waals surface area contributed by atoms with Crippen LogP contribution in [-0.2, 0) is 19.1 Å². The predicted molar refractivity (Wildman–Crippen MR) is 62.8 cm³/mol. The molecule has 0 aromatic carbocycles. The van der Waals surface area contributed by atoms with Gasteiger partial charge in [0.05, 0.1) is 25.7 Å². The van der Waals surface area contributed by atoms with Crippen molar-refractivity contribution in [3.8, 4) is 0 Å². The van der Waals surface area contributed by atoms with Gasteiger partial charge in [0.15, 0.2) is 0 Å². The Balaban J connectivity index is 4.42. The van der Waals surface area contributed by atoms with Crippen LogP contribution < -0.4 is 11.1 Å². The maximum Gasteiger partial charge on any atom is 0.317 e. The number of amides is 2. The summed E-state index contributed by atoms with van der Waals surface area (Å²) in [5, 5.41) is 11.3. The highest BCUT2D eigenvalue weighted by Crippen LogP contribution is 1.98. The average Bonchev–Trinajstić information content (AvgIpc) is 2.26. The minimum absolute atomic E-state index is 0.287. The maximum absolute atomic E-state index is 11.7. The first-order chi connectivity index (χ1) is 8.38. The fourth-order valence-electron chi connectivity index (χ4n) is 1.29. The van der Waals surface area contributed by atoms with Gasteiger partial charge in [0, 0.05) is 13.7 Å². The summed E-state index contributed by atoms with van der Waals surface area (Å²) in [7, 11) is 1.50. The van der Waals surface area contributed by atoms with Crippen molar-refractivity contribution >= 4 is 17.8 Å². The van der Waals surface area contributed by atoms with Gasteiger partial charge in [-0.3, -0.25) is 19.3 Å². The second-order valence-corrected chi connectivity index (χ2v) is 3.72. The molecule has 0 aromatic rings. The van der Waals surface area contributed by atoms with E-state index in [1.807, 2.05) is 0 Å². The van der Waals surface area contributed by atoms with Crippen LogP contribution in [0.4, 0.5) is 0 Å². The molecule has 0 aliphatic rings. The molecule has 2 amide bonds. The molecule has 1 unspecified atom stereocenters. The van der Waals surface area contributed by atoms with Crippen molar-refractivity contribution in [3.05, 3.63) is 0 Å². The Labute approximate surface area is 105 Å². The summed E-state index contributed by atoms with van der Waals surface area (Å²) in [6.45, 7) is 1.46. The number of carboxylic acid groups (broad SMARTS) is 1. The Morgan fingerprint density at radius 2 is 2.00 bits per heavy atom. The van der Waals surface area contributed by atoms with Crippen molar-refractivity contribution in [2.24, 2.45) is 5.73 Å². The van der Waals surface area contributed by atoms with Gasteiger partial charge >= 0.3 is 5.97 Å². The number of carboxylic acids is 1. The zero-order valence-corrected chi connectivity index (χ0v) is 10.5. The smallest absolute Gasteiger partial charge is 0.317 e. The van der Waals surface area contributed by atoms with E-state index in [0.717, 1.165) is 0 Å². The summed E-state index contributed by atoms with van der Waals surface area (Å²) in [6, 6.07) is -0.759. The second-order valence-electron chi connectivity index (χ2n) is 3.72. The predicted octanol–water partition coefficient (Wildman–Crippen LogP) is -1.99. The monoisotopic (exact) mass is 261 g/mol. The molecule has 0 heterocycles. The van der Waals surface area contributed by atoms with Gasteiger partial charge in [0.25, 0.3) is 0 Å². The number of nitrogens with two attached hydrogens (primary N) is 1. The lowest BCUT2D eigenvalue weighted by atomic mass is 10.2. The summed E-state index contributed by atoms with van der Waals surface area (Å²) < 4.78 is 4.77. The highest BCUT2D eigenvalue weighted by molar-refractivity contribution is 5.84. The van der Waals surface area contributed by atoms with Crippen molar-refractivity contribution in [3.63, 3.8) is 0 Å². The van der Waals surface area contributed by atoms with Crippen molar-refractivity contribution in [1.29, 1.82) is 0 Å². The van der Waals surface area contributed by atoms with Crippen molar-refractivity contribution < 1.29 is 24.2 Å². The first kappa shape index (κ1) is 16.3.